The molecule has 6 N–H and O–H groups in total. The number of amides is 6. The number of hydrogen-bond donors (Lipinski definition) is 6. The first-order valence-electron chi connectivity index (χ1n) is 19.6. The average molecular weight is 863 g/mol. The number of esters is 1. The van der Waals surface area contributed by atoms with Crippen molar-refractivity contribution in [3.05, 3.63) is 30.5 Å². The molecule has 2 unspecified atom stereocenters. The lowest BCUT2D eigenvalue weighted by atomic mass is 10.1. The molecule has 2 heterocycles. The van der Waals surface area contributed by atoms with Crippen molar-refractivity contribution in [2.24, 2.45) is 0 Å². The number of hydroxylamine groups is 2. The minimum atomic E-state index is -1.48. The van der Waals surface area contributed by atoms with Crippen molar-refractivity contribution in [3.8, 4) is 11.3 Å². The third-order valence-electron chi connectivity index (χ3n) is 8.27. The molecule has 0 bridgehead atoms. The summed E-state index contributed by atoms with van der Waals surface area (Å²) in [4.78, 5) is 99.8. The van der Waals surface area contributed by atoms with Crippen LogP contribution in [0.15, 0.2) is 30.5 Å². The number of carbonyl (C=O) groups excluding carboxylic acids is 6. The van der Waals surface area contributed by atoms with Crippen LogP contribution >= 0.6 is 0 Å². The Kier molecular flexibility index (Phi) is 20.5. The van der Waals surface area contributed by atoms with Crippen molar-refractivity contribution in [3.63, 3.8) is 0 Å². The molecular formula is C38H54N8O15. The quantitative estimate of drug-likeness (QED) is 0.0422. The molecule has 1 aliphatic rings. The van der Waals surface area contributed by atoms with Crippen LogP contribution in [0.1, 0.15) is 72.1 Å². The minimum absolute atomic E-state index is 0.0266. The second-order valence-corrected chi connectivity index (χ2v) is 14.5. The van der Waals surface area contributed by atoms with Crippen LogP contribution < -0.4 is 21.3 Å². The van der Waals surface area contributed by atoms with Gasteiger partial charge in [0.15, 0.2) is 0 Å². The molecular weight excluding hydrogens is 808 g/mol. The smallest absolute Gasteiger partial charge is 0.335 e. The molecule has 3 rings (SSSR count). The lowest BCUT2D eigenvalue weighted by molar-refractivity contribution is -0.198. The van der Waals surface area contributed by atoms with Crippen molar-refractivity contribution < 1.29 is 72.4 Å². The Labute approximate surface area is 351 Å². The first-order valence-corrected chi connectivity index (χ1v) is 19.6. The number of aromatic nitrogens is 3. The Bertz CT molecular complexity index is 1800. The van der Waals surface area contributed by atoms with Gasteiger partial charge in [-0.2, -0.15) is 0 Å². The summed E-state index contributed by atoms with van der Waals surface area (Å²) in [6, 6.07) is 2.92. The topological polar surface area (TPSA) is 305 Å². The maximum absolute atomic E-state index is 12.8. The number of ether oxygens (including phenoxy) is 4. The maximum Gasteiger partial charge on any atom is 0.335 e. The number of hydrogen-bond acceptors (Lipinski definition) is 15. The van der Waals surface area contributed by atoms with E-state index < -0.39 is 71.9 Å². The number of nitrogens with zero attached hydrogens (tertiary/aromatic N) is 4. The third kappa shape index (κ3) is 19.6. The predicted octanol–water partition coefficient (Wildman–Crippen LogP) is 1.61. The average Bonchev–Trinajstić information content (AvgIpc) is 3.79. The van der Waals surface area contributed by atoms with E-state index in [9.17, 15) is 43.5 Å². The molecule has 0 spiro atoms. The summed E-state index contributed by atoms with van der Waals surface area (Å²) in [7, 11) is 0. The SMILES string of the molecule is CC(C)(C)OC(=O)C(CCCCNC(=O)Nc1cccc(-c2cn(CCOCCOCCOCCC(=O)ON3C(=O)CCC3=O)nn2)c1)NC(=O)NC(CCC(=O)O)C(=O)O. The van der Waals surface area contributed by atoms with E-state index in [4.69, 9.17) is 28.9 Å². The number of urea groups is 2. The van der Waals surface area contributed by atoms with Gasteiger partial charge in [0.2, 0.25) is 0 Å². The van der Waals surface area contributed by atoms with Crippen molar-refractivity contribution in [2.75, 3.05) is 51.5 Å². The molecule has 2 aromatic rings. The fourth-order valence-electron chi connectivity index (χ4n) is 5.31. The Morgan fingerprint density at radius 1 is 0.820 bits per heavy atom. The summed E-state index contributed by atoms with van der Waals surface area (Å²) < 4.78 is 23.4. The van der Waals surface area contributed by atoms with Crippen LogP contribution in [-0.2, 0) is 59.1 Å². The fraction of sp³-hybridized carbons (Fsp3) is 0.579. The second-order valence-electron chi connectivity index (χ2n) is 14.5. The van der Waals surface area contributed by atoms with Gasteiger partial charge in [-0.25, -0.2) is 28.7 Å². The van der Waals surface area contributed by atoms with Gasteiger partial charge in [0.1, 0.15) is 23.4 Å². The summed E-state index contributed by atoms with van der Waals surface area (Å²) in [6.07, 6.45) is 1.73. The van der Waals surface area contributed by atoms with Gasteiger partial charge in [0.25, 0.3) is 11.8 Å². The molecule has 0 saturated carbocycles. The number of carboxylic acid groups (broad SMARTS) is 2. The molecule has 1 aromatic heterocycles. The number of unbranched alkanes of at least 4 members (excludes halogenated alkanes) is 1. The molecule has 23 heteroatoms. The summed E-state index contributed by atoms with van der Waals surface area (Å²) in [5, 5.41) is 37.1. The van der Waals surface area contributed by atoms with E-state index in [1.54, 1.807) is 49.8 Å². The first-order chi connectivity index (χ1) is 29.0. The summed E-state index contributed by atoms with van der Waals surface area (Å²) in [5.74, 6) is -5.21. The van der Waals surface area contributed by atoms with Gasteiger partial charge < -0.3 is 55.3 Å². The van der Waals surface area contributed by atoms with Gasteiger partial charge in [-0.1, -0.05) is 17.3 Å². The lowest BCUT2D eigenvalue weighted by Gasteiger charge is -2.25. The van der Waals surface area contributed by atoms with Crippen LogP contribution in [0.4, 0.5) is 15.3 Å². The number of aliphatic carboxylic acids is 2. The van der Waals surface area contributed by atoms with Gasteiger partial charge in [-0.05, 0) is 58.6 Å². The monoisotopic (exact) mass is 862 g/mol. The zero-order chi connectivity index (χ0) is 44.8. The van der Waals surface area contributed by atoms with Crippen LogP contribution in [0.3, 0.4) is 0 Å². The highest BCUT2D eigenvalue weighted by Crippen LogP contribution is 2.20. The first kappa shape index (κ1) is 49.2. The Balaban J connectivity index is 1.31. The van der Waals surface area contributed by atoms with Crippen molar-refractivity contribution in [1.29, 1.82) is 0 Å². The van der Waals surface area contributed by atoms with E-state index in [0.29, 0.717) is 61.2 Å². The summed E-state index contributed by atoms with van der Waals surface area (Å²) >= 11 is 0. The zero-order valence-electron chi connectivity index (χ0n) is 34.3. The molecule has 1 saturated heterocycles. The second kappa shape index (κ2) is 25.4. The van der Waals surface area contributed by atoms with Crippen molar-refractivity contribution >= 4 is 53.4 Å². The highest BCUT2D eigenvalue weighted by Gasteiger charge is 2.33. The molecule has 0 radical (unpaired) electrons. The van der Waals surface area contributed by atoms with Gasteiger partial charge in [-0.15, -0.1) is 10.2 Å². The van der Waals surface area contributed by atoms with Crippen molar-refractivity contribution in [1.82, 2.24) is 36.0 Å². The molecule has 0 aliphatic carbocycles. The molecule has 2 atom stereocenters. The number of rotatable bonds is 27. The molecule has 1 aliphatic heterocycles. The highest BCUT2D eigenvalue weighted by molar-refractivity contribution is 6.01. The molecule has 1 aromatic carbocycles. The predicted molar refractivity (Wildman–Crippen MR) is 210 cm³/mol. The van der Waals surface area contributed by atoms with Gasteiger partial charge in [0.05, 0.1) is 58.8 Å². The zero-order valence-corrected chi connectivity index (χ0v) is 34.3. The number of carbonyl (C=O) groups is 8. The van der Waals surface area contributed by atoms with Gasteiger partial charge >= 0.3 is 35.9 Å². The highest BCUT2D eigenvalue weighted by atomic mass is 16.7. The third-order valence-corrected chi connectivity index (χ3v) is 8.27. The normalized spacial score (nSPS) is 13.6. The van der Waals surface area contributed by atoms with Gasteiger partial charge in [-0.3, -0.25) is 14.4 Å². The Morgan fingerprint density at radius 2 is 1.48 bits per heavy atom. The molecule has 61 heavy (non-hydrogen) atoms. The van der Waals surface area contributed by atoms with Crippen molar-refractivity contribution in [2.45, 2.75) is 96.4 Å². The van der Waals surface area contributed by atoms with E-state index in [1.165, 1.54) is 0 Å². The molecule has 6 amide bonds. The summed E-state index contributed by atoms with van der Waals surface area (Å²) in [6.45, 7) is 7.10. The Hall–Kier alpha value is -6.20. The van der Waals surface area contributed by atoms with Crippen LogP contribution in [0.2, 0.25) is 0 Å². The van der Waals surface area contributed by atoms with E-state index in [0.717, 1.165) is 0 Å². The fourth-order valence-corrected chi connectivity index (χ4v) is 5.31. The number of imide groups is 1. The number of benzene rings is 1. The van der Waals surface area contributed by atoms with Crippen LogP contribution in [0.25, 0.3) is 11.3 Å². The Morgan fingerprint density at radius 3 is 2.13 bits per heavy atom. The maximum atomic E-state index is 12.8. The van der Waals surface area contributed by atoms with Crippen LogP contribution in [-0.4, -0.2) is 142 Å². The van der Waals surface area contributed by atoms with E-state index in [-0.39, 0.29) is 58.5 Å². The van der Waals surface area contributed by atoms with E-state index >= 15 is 0 Å². The largest absolute Gasteiger partial charge is 0.481 e. The van der Waals surface area contributed by atoms with Crippen LogP contribution in [0, 0.1) is 0 Å². The van der Waals surface area contributed by atoms with E-state index in [1.807, 2.05) is 6.07 Å². The number of anilines is 1. The lowest BCUT2D eigenvalue weighted by Crippen LogP contribution is -2.52. The standard InChI is InChI=1S/C38H54N8O15/c1-38(2,3)60-35(54)28(42-37(56)41-27(34(52)53)10-13-32(49)50)9-4-5-15-39-36(55)40-26-8-6-7-25(23-26)29-24-45(44-43-29)16-18-58-20-22-59-21-19-57-17-14-33(51)61-46-30(47)11-12-31(46)48/h6-8,23-24,27-28H,4-5,9-22H2,1-3H3,(H,49,50)(H,52,53)(H2,39,40,55)(H2,41,42,56). The van der Waals surface area contributed by atoms with Crippen LogP contribution in [0.5, 0.6) is 0 Å². The molecule has 23 nitrogen and oxygen atoms in total. The number of nitrogens with one attached hydrogen (secondary N) is 4. The molecule has 1 fully saturated rings. The minimum Gasteiger partial charge on any atom is -0.481 e. The van der Waals surface area contributed by atoms with E-state index in [2.05, 4.69) is 31.6 Å². The van der Waals surface area contributed by atoms with Gasteiger partial charge in [0, 0.05) is 37.1 Å². The summed E-state index contributed by atoms with van der Waals surface area (Å²) in [5.41, 5.74) is 0.902. The number of carboxylic acids is 2. The molecule has 336 valence electrons.